The number of aryl methyl sites for hydroxylation is 2. The van der Waals surface area contributed by atoms with Crippen LogP contribution >= 0.6 is 15.9 Å². The maximum Gasteiger partial charge on any atom is 0.261 e. The highest BCUT2D eigenvalue weighted by Gasteiger charge is 2.31. The minimum absolute atomic E-state index is 0.00256. The van der Waals surface area contributed by atoms with E-state index < -0.39 is 6.04 Å². The fourth-order valence-electron chi connectivity index (χ4n) is 4.20. The third-order valence-electron chi connectivity index (χ3n) is 6.63. The third-order valence-corrected chi connectivity index (χ3v) is 7.12. The first-order chi connectivity index (χ1) is 17.7. The molecule has 0 aliphatic rings. The van der Waals surface area contributed by atoms with Gasteiger partial charge in [0.25, 0.3) is 5.91 Å². The van der Waals surface area contributed by atoms with E-state index in [2.05, 4.69) is 27.3 Å². The van der Waals surface area contributed by atoms with Gasteiger partial charge in [0.1, 0.15) is 11.8 Å². The first-order valence-electron chi connectivity index (χ1n) is 12.8. The summed E-state index contributed by atoms with van der Waals surface area (Å²) >= 11 is 3.53. The topological polar surface area (TPSA) is 58.6 Å². The van der Waals surface area contributed by atoms with E-state index in [9.17, 15) is 9.59 Å². The van der Waals surface area contributed by atoms with Crippen LogP contribution in [-0.2, 0) is 22.6 Å². The Bertz CT molecular complexity index is 1210. The van der Waals surface area contributed by atoms with Gasteiger partial charge in [0.15, 0.2) is 6.61 Å². The molecule has 1 N–H and O–H groups in total. The third kappa shape index (κ3) is 8.19. The molecule has 3 aromatic rings. The summed E-state index contributed by atoms with van der Waals surface area (Å²) < 4.78 is 6.97. The van der Waals surface area contributed by atoms with Crippen LogP contribution in [0.4, 0.5) is 0 Å². The number of nitrogens with zero attached hydrogens (tertiary/aromatic N) is 1. The Hall–Kier alpha value is -3.12. The second-order valence-electron chi connectivity index (χ2n) is 9.67. The van der Waals surface area contributed by atoms with Crippen molar-refractivity contribution in [2.75, 3.05) is 6.61 Å². The van der Waals surface area contributed by atoms with Gasteiger partial charge in [-0.15, -0.1) is 0 Å². The Labute approximate surface area is 229 Å². The van der Waals surface area contributed by atoms with Crippen molar-refractivity contribution in [1.82, 2.24) is 10.2 Å². The maximum atomic E-state index is 13.8. The lowest BCUT2D eigenvalue weighted by atomic mass is 10.0. The minimum Gasteiger partial charge on any atom is -0.483 e. The van der Waals surface area contributed by atoms with Crippen LogP contribution in [0.5, 0.6) is 5.75 Å². The van der Waals surface area contributed by atoms with Crippen LogP contribution < -0.4 is 10.1 Å². The Balaban J connectivity index is 1.95. The summed E-state index contributed by atoms with van der Waals surface area (Å²) in [7, 11) is 0. The van der Waals surface area contributed by atoms with E-state index in [1.54, 1.807) is 4.90 Å². The molecule has 0 spiro atoms. The molecule has 0 heterocycles. The second kappa shape index (κ2) is 13.4. The number of carbonyl (C=O) groups excluding carboxylic acids is 2. The Morgan fingerprint density at radius 3 is 2.35 bits per heavy atom. The predicted molar refractivity (Wildman–Crippen MR) is 153 cm³/mol. The molecule has 0 saturated carbocycles. The smallest absolute Gasteiger partial charge is 0.261 e. The van der Waals surface area contributed by atoms with Crippen molar-refractivity contribution < 1.29 is 14.3 Å². The van der Waals surface area contributed by atoms with Crippen molar-refractivity contribution in [3.05, 3.63) is 99.0 Å². The fourth-order valence-corrected chi connectivity index (χ4v) is 4.65. The summed E-state index contributed by atoms with van der Waals surface area (Å²) in [5.41, 5.74) is 5.12. The van der Waals surface area contributed by atoms with Gasteiger partial charge >= 0.3 is 0 Å². The molecule has 196 valence electrons. The van der Waals surface area contributed by atoms with Crippen LogP contribution in [-0.4, -0.2) is 35.4 Å². The number of carbonyl (C=O) groups is 2. The molecule has 3 rings (SSSR count). The average Bonchev–Trinajstić information content (AvgIpc) is 2.87. The molecule has 5 nitrogen and oxygen atoms in total. The number of nitrogens with one attached hydrogen (secondary N) is 1. The van der Waals surface area contributed by atoms with E-state index >= 15 is 0 Å². The molecule has 0 unspecified atom stereocenters. The minimum atomic E-state index is -0.688. The van der Waals surface area contributed by atoms with Crippen LogP contribution in [0.2, 0.25) is 0 Å². The highest BCUT2D eigenvalue weighted by atomic mass is 79.9. The SMILES string of the molecule is CC[C@@H](C)NC(=O)[C@@H](Cc1ccccc1)N(Cc1cccc(Br)c1)C(=O)COc1cc(C)cc(C)c1C. The van der Waals surface area contributed by atoms with Crippen LogP contribution in [0.15, 0.2) is 71.2 Å². The number of hydrogen-bond donors (Lipinski definition) is 1. The van der Waals surface area contributed by atoms with Crippen LogP contribution in [0.25, 0.3) is 0 Å². The average molecular weight is 566 g/mol. The van der Waals surface area contributed by atoms with Gasteiger partial charge in [0.05, 0.1) is 0 Å². The van der Waals surface area contributed by atoms with Crippen LogP contribution in [0.1, 0.15) is 48.1 Å². The molecule has 3 aromatic carbocycles. The fraction of sp³-hybridized carbons (Fsp3) is 0.355. The zero-order valence-corrected chi connectivity index (χ0v) is 24.0. The second-order valence-corrected chi connectivity index (χ2v) is 10.6. The van der Waals surface area contributed by atoms with Gasteiger partial charge in [-0.1, -0.05) is 71.4 Å². The van der Waals surface area contributed by atoms with E-state index in [1.165, 1.54) is 0 Å². The maximum absolute atomic E-state index is 13.8. The molecular weight excluding hydrogens is 528 g/mol. The van der Waals surface area contributed by atoms with E-state index in [0.717, 1.165) is 38.7 Å². The van der Waals surface area contributed by atoms with Crippen LogP contribution in [0.3, 0.4) is 0 Å². The summed E-state index contributed by atoms with van der Waals surface area (Å²) in [4.78, 5) is 29.0. The van der Waals surface area contributed by atoms with Crippen molar-refractivity contribution in [3.63, 3.8) is 0 Å². The van der Waals surface area contributed by atoms with Gasteiger partial charge in [-0.25, -0.2) is 0 Å². The molecule has 0 fully saturated rings. The summed E-state index contributed by atoms with van der Waals surface area (Å²) in [5.74, 6) is 0.291. The van der Waals surface area contributed by atoms with Crippen molar-refractivity contribution in [3.8, 4) is 5.75 Å². The van der Waals surface area contributed by atoms with Crippen LogP contribution in [0, 0.1) is 20.8 Å². The first-order valence-corrected chi connectivity index (χ1v) is 13.6. The first kappa shape index (κ1) is 28.5. The van der Waals surface area contributed by atoms with Gasteiger partial charge in [-0.3, -0.25) is 9.59 Å². The van der Waals surface area contributed by atoms with Gasteiger partial charge < -0.3 is 15.0 Å². The molecule has 0 saturated heterocycles. The highest BCUT2D eigenvalue weighted by molar-refractivity contribution is 9.10. The Morgan fingerprint density at radius 1 is 0.973 bits per heavy atom. The van der Waals surface area contributed by atoms with E-state index in [4.69, 9.17) is 4.74 Å². The summed E-state index contributed by atoms with van der Waals surface area (Å²) in [6.07, 6.45) is 1.21. The van der Waals surface area contributed by atoms with E-state index in [0.29, 0.717) is 18.7 Å². The van der Waals surface area contributed by atoms with Gasteiger partial charge in [-0.2, -0.15) is 0 Å². The monoisotopic (exact) mass is 564 g/mol. The zero-order valence-electron chi connectivity index (χ0n) is 22.4. The largest absolute Gasteiger partial charge is 0.483 e. The number of benzene rings is 3. The summed E-state index contributed by atoms with van der Waals surface area (Å²) in [6, 6.07) is 21.0. The van der Waals surface area contributed by atoms with Crippen molar-refractivity contribution in [2.24, 2.45) is 0 Å². The Kier molecular flexibility index (Phi) is 10.3. The van der Waals surface area contributed by atoms with Crippen molar-refractivity contribution >= 4 is 27.7 Å². The highest BCUT2D eigenvalue weighted by Crippen LogP contribution is 2.24. The van der Waals surface area contributed by atoms with Gasteiger partial charge in [0.2, 0.25) is 5.91 Å². The summed E-state index contributed by atoms with van der Waals surface area (Å²) in [6.45, 7) is 10.2. The van der Waals surface area contributed by atoms with Gasteiger partial charge in [-0.05, 0) is 80.1 Å². The van der Waals surface area contributed by atoms with Gasteiger partial charge in [0, 0.05) is 23.5 Å². The molecule has 0 radical (unpaired) electrons. The molecule has 0 aliphatic heterocycles. The Morgan fingerprint density at radius 2 is 1.68 bits per heavy atom. The number of amides is 2. The normalized spacial score (nSPS) is 12.5. The molecule has 0 bridgehead atoms. The molecule has 37 heavy (non-hydrogen) atoms. The standard InChI is InChI=1S/C31H37BrN2O3/c1-6-23(4)33-31(36)28(18-25-11-8-7-9-12-25)34(19-26-13-10-14-27(32)17-26)30(35)20-37-29-16-21(2)15-22(3)24(29)5/h7-17,23,28H,6,18-20H2,1-5H3,(H,33,36)/t23-,28-/m1/s1. The lowest BCUT2D eigenvalue weighted by Gasteiger charge is -2.32. The number of halogens is 1. The molecule has 6 heteroatoms. The molecule has 2 amide bonds. The van der Waals surface area contributed by atoms with E-state index in [1.807, 2.05) is 95.3 Å². The zero-order chi connectivity index (χ0) is 26.9. The molecule has 0 aromatic heterocycles. The molecule has 2 atom stereocenters. The van der Waals surface area contributed by atoms with Crippen molar-refractivity contribution in [1.29, 1.82) is 0 Å². The number of ether oxygens (including phenoxy) is 1. The lowest BCUT2D eigenvalue weighted by Crippen LogP contribution is -2.53. The molecular formula is C31H37BrN2O3. The predicted octanol–water partition coefficient (Wildman–Crippen LogP) is 6.31. The molecule has 0 aliphatic carbocycles. The summed E-state index contributed by atoms with van der Waals surface area (Å²) in [5, 5.41) is 3.10. The van der Waals surface area contributed by atoms with E-state index in [-0.39, 0.29) is 24.5 Å². The number of hydrogen-bond acceptors (Lipinski definition) is 3. The number of rotatable bonds is 11. The quantitative estimate of drug-likeness (QED) is 0.297. The van der Waals surface area contributed by atoms with Crippen molar-refractivity contribution in [2.45, 2.75) is 66.1 Å². The lowest BCUT2D eigenvalue weighted by molar-refractivity contribution is -0.143.